The van der Waals surface area contributed by atoms with Crippen LogP contribution in [0.25, 0.3) is 0 Å². The van der Waals surface area contributed by atoms with Gasteiger partial charge in [-0.3, -0.25) is 4.79 Å². The van der Waals surface area contributed by atoms with Crippen LogP contribution in [0.1, 0.15) is 33.1 Å². The van der Waals surface area contributed by atoms with E-state index in [1.165, 1.54) is 0 Å². The molecule has 0 aromatic carbocycles. The molecule has 15 heavy (non-hydrogen) atoms. The van der Waals surface area contributed by atoms with Crippen LogP contribution in [0.4, 0.5) is 0 Å². The molecule has 4 heteroatoms. The Morgan fingerprint density at radius 1 is 1.53 bits per heavy atom. The van der Waals surface area contributed by atoms with Crippen LogP contribution in [0, 0.1) is 17.2 Å². The van der Waals surface area contributed by atoms with E-state index in [2.05, 4.69) is 0 Å². The highest BCUT2D eigenvalue weighted by molar-refractivity contribution is 5.80. The number of likely N-dealkylation sites (tertiary alicyclic amines) is 1. The number of hydrogen-bond donors (Lipinski definition) is 1. The van der Waals surface area contributed by atoms with E-state index in [9.17, 15) is 9.90 Å². The second-order valence-corrected chi connectivity index (χ2v) is 4.53. The molecule has 1 fully saturated rings. The molecule has 2 atom stereocenters. The average Bonchev–Trinajstić information content (AvgIpc) is 2.37. The number of hydrogen-bond acceptors (Lipinski definition) is 3. The van der Waals surface area contributed by atoms with Gasteiger partial charge in [0.05, 0.1) is 11.7 Å². The van der Waals surface area contributed by atoms with Crippen molar-refractivity contribution in [2.24, 2.45) is 5.92 Å². The van der Waals surface area contributed by atoms with E-state index in [0.717, 1.165) is 12.8 Å². The number of carbonyl (C=O) groups is 1. The van der Waals surface area contributed by atoms with Gasteiger partial charge in [0, 0.05) is 13.1 Å². The van der Waals surface area contributed by atoms with Crippen molar-refractivity contribution in [1.82, 2.24) is 4.90 Å². The summed E-state index contributed by atoms with van der Waals surface area (Å²) < 4.78 is 0. The summed E-state index contributed by atoms with van der Waals surface area (Å²) in [6, 6.07) is 1.95. The monoisotopic (exact) mass is 210 g/mol. The SMILES string of the molecule is CC(C#N)C(=O)N1CCCC(C)(O)CC1. The van der Waals surface area contributed by atoms with Crippen LogP contribution < -0.4 is 0 Å². The fourth-order valence-electron chi connectivity index (χ4n) is 1.81. The number of nitriles is 1. The Hall–Kier alpha value is -1.08. The molecule has 1 rings (SSSR count). The highest BCUT2D eigenvalue weighted by Crippen LogP contribution is 2.22. The minimum Gasteiger partial charge on any atom is -0.390 e. The lowest BCUT2D eigenvalue weighted by Crippen LogP contribution is -2.36. The van der Waals surface area contributed by atoms with Gasteiger partial charge in [-0.15, -0.1) is 0 Å². The molecule has 0 radical (unpaired) electrons. The van der Waals surface area contributed by atoms with Crippen molar-refractivity contribution in [3.63, 3.8) is 0 Å². The fourth-order valence-corrected chi connectivity index (χ4v) is 1.81. The van der Waals surface area contributed by atoms with Crippen LogP contribution in [0.3, 0.4) is 0 Å². The van der Waals surface area contributed by atoms with Crippen LogP contribution in [0.15, 0.2) is 0 Å². The third-order valence-electron chi connectivity index (χ3n) is 2.94. The smallest absolute Gasteiger partial charge is 0.239 e. The molecule has 2 unspecified atom stereocenters. The molecule has 0 bridgehead atoms. The Morgan fingerprint density at radius 3 is 2.80 bits per heavy atom. The lowest BCUT2D eigenvalue weighted by Gasteiger charge is -2.23. The van der Waals surface area contributed by atoms with Crippen LogP contribution >= 0.6 is 0 Å². The highest BCUT2D eigenvalue weighted by Gasteiger charge is 2.28. The molecule has 1 aliphatic rings. The second kappa shape index (κ2) is 4.63. The summed E-state index contributed by atoms with van der Waals surface area (Å²) in [6.45, 7) is 4.62. The van der Waals surface area contributed by atoms with Gasteiger partial charge in [-0.1, -0.05) is 0 Å². The normalized spacial score (nSPS) is 29.1. The zero-order valence-corrected chi connectivity index (χ0v) is 9.36. The molecule has 1 amide bonds. The first-order chi connectivity index (χ1) is 6.96. The summed E-state index contributed by atoms with van der Waals surface area (Å²) >= 11 is 0. The maximum atomic E-state index is 11.7. The Labute approximate surface area is 90.5 Å². The van der Waals surface area contributed by atoms with E-state index in [4.69, 9.17) is 5.26 Å². The maximum Gasteiger partial charge on any atom is 0.239 e. The van der Waals surface area contributed by atoms with Gasteiger partial charge >= 0.3 is 0 Å². The predicted molar refractivity (Wildman–Crippen MR) is 55.8 cm³/mol. The van der Waals surface area contributed by atoms with Gasteiger partial charge in [0.25, 0.3) is 0 Å². The van der Waals surface area contributed by atoms with Gasteiger partial charge in [0.15, 0.2) is 0 Å². The Kier molecular flexibility index (Phi) is 3.70. The summed E-state index contributed by atoms with van der Waals surface area (Å²) in [4.78, 5) is 13.4. The summed E-state index contributed by atoms with van der Waals surface area (Å²) in [7, 11) is 0. The van der Waals surface area contributed by atoms with Crippen molar-refractivity contribution >= 4 is 5.91 Å². The topological polar surface area (TPSA) is 64.3 Å². The lowest BCUT2D eigenvalue weighted by molar-refractivity contribution is -0.133. The maximum absolute atomic E-state index is 11.7. The molecular weight excluding hydrogens is 192 g/mol. The molecule has 1 heterocycles. The molecule has 4 nitrogen and oxygen atoms in total. The molecule has 0 spiro atoms. The largest absolute Gasteiger partial charge is 0.390 e. The van der Waals surface area contributed by atoms with Gasteiger partial charge in [-0.05, 0) is 33.1 Å². The lowest BCUT2D eigenvalue weighted by atomic mass is 9.98. The Bertz CT molecular complexity index is 281. The molecule has 1 aliphatic heterocycles. The zero-order valence-electron chi connectivity index (χ0n) is 9.36. The average molecular weight is 210 g/mol. The Morgan fingerprint density at radius 2 is 2.20 bits per heavy atom. The van der Waals surface area contributed by atoms with Crippen LogP contribution in [0.2, 0.25) is 0 Å². The minimum absolute atomic E-state index is 0.116. The number of carbonyl (C=O) groups excluding carboxylic acids is 1. The number of rotatable bonds is 1. The van der Waals surface area contributed by atoms with Crippen molar-refractivity contribution < 1.29 is 9.90 Å². The first-order valence-electron chi connectivity index (χ1n) is 5.37. The van der Waals surface area contributed by atoms with Gasteiger partial charge in [0.2, 0.25) is 5.91 Å². The first kappa shape index (κ1) is 12.0. The van der Waals surface area contributed by atoms with E-state index in [1.807, 2.05) is 6.07 Å². The van der Waals surface area contributed by atoms with E-state index in [-0.39, 0.29) is 5.91 Å². The third-order valence-corrected chi connectivity index (χ3v) is 2.94. The molecule has 84 valence electrons. The van der Waals surface area contributed by atoms with E-state index in [1.54, 1.807) is 18.7 Å². The van der Waals surface area contributed by atoms with Gasteiger partial charge in [-0.2, -0.15) is 5.26 Å². The fraction of sp³-hybridized carbons (Fsp3) is 0.818. The Balaban J connectivity index is 2.59. The highest BCUT2D eigenvalue weighted by atomic mass is 16.3. The number of aliphatic hydroxyl groups is 1. The summed E-state index contributed by atoms with van der Waals surface area (Å²) in [6.07, 6.45) is 2.12. The third kappa shape index (κ3) is 3.21. The van der Waals surface area contributed by atoms with Crippen LogP contribution in [-0.2, 0) is 4.79 Å². The van der Waals surface area contributed by atoms with E-state index in [0.29, 0.717) is 19.5 Å². The van der Waals surface area contributed by atoms with Crippen LogP contribution in [0.5, 0.6) is 0 Å². The minimum atomic E-state index is -0.662. The van der Waals surface area contributed by atoms with Gasteiger partial charge in [-0.25, -0.2) is 0 Å². The van der Waals surface area contributed by atoms with Crippen molar-refractivity contribution in [1.29, 1.82) is 5.26 Å². The van der Waals surface area contributed by atoms with Crippen molar-refractivity contribution in [3.8, 4) is 6.07 Å². The standard InChI is InChI=1S/C11H18N2O2/c1-9(8-12)10(14)13-6-3-4-11(2,15)5-7-13/h9,15H,3-7H2,1-2H3. The van der Waals surface area contributed by atoms with Crippen molar-refractivity contribution in [3.05, 3.63) is 0 Å². The first-order valence-corrected chi connectivity index (χ1v) is 5.37. The molecule has 1 saturated heterocycles. The molecule has 0 saturated carbocycles. The second-order valence-electron chi connectivity index (χ2n) is 4.53. The summed E-state index contributed by atoms with van der Waals surface area (Å²) in [5.41, 5.74) is -0.662. The molecule has 0 aromatic rings. The molecule has 0 aliphatic carbocycles. The van der Waals surface area contributed by atoms with Gasteiger partial charge < -0.3 is 10.0 Å². The molecule has 0 aromatic heterocycles. The number of nitrogens with zero attached hydrogens (tertiary/aromatic N) is 2. The van der Waals surface area contributed by atoms with Gasteiger partial charge in [0.1, 0.15) is 5.92 Å². The van der Waals surface area contributed by atoms with Crippen molar-refractivity contribution in [2.45, 2.75) is 38.7 Å². The quantitative estimate of drug-likeness (QED) is 0.699. The molecule has 1 N–H and O–H groups in total. The van der Waals surface area contributed by atoms with Crippen molar-refractivity contribution in [2.75, 3.05) is 13.1 Å². The van der Waals surface area contributed by atoms with E-state index >= 15 is 0 Å². The van der Waals surface area contributed by atoms with Crippen LogP contribution in [-0.4, -0.2) is 34.6 Å². The summed E-state index contributed by atoms with van der Waals surface area (Å²) in [5.74, 6) is -0.691. The zero-order chi connectivity index (χ0) is 11.5. The molecular formula is C11H18N2O2. The predicted octanol–water partition coefficient (Wildman–Crippen LogP) is 0.910. The summed E-state index contributed by atoms with van der Waals surface area (Å²) in [5, 5.41) is 18.5. The van der Waals surface area contributed by atoms with E-state index < -0.39 is 11.5 Å². The number of amides is 1.